The normalized spacial score (nSPS) is 19.2. The molecule has 0 aliphatic carbocycles. The van der Waals surface area contributed by atoms with Crippen molar-refractivity contribution in [3.63, 3.8) is 0 Å². The minimum atomic E-state index is -2.87. The number of hydrogen-bond acceptors (Lipinski definition) is 3. The Morgan fingerprint density at radius 1 is 1.07 bits per heavy atom. The number of benzene rings is 2. The molecule has 1 aliphatic heterocycles. The summed E-state index contributed by atoms with van der Waals surface area (Å²) in [6.45, 7) is -1.02. The van der Waals surface area contributed by atoms with Crippen LogP contribution in [0.3, 0.4) is 0 Å². The van der Waals surface area contributed by atoms with Gasteiger partial charge >= 0.3 is 12.6 Å². The second-order valence-electron chi connectivity index (χ2n) is 6.80. The Morgan fingerprint density at radius 3 is 2.29 bits per heavy atom. The van der Waals surface area contributed by atoms with Gasteiger partial charge in [-0.05, 0) is 55.2 Å². The zero-order valence-corrected chi connectivity index (χ0v) is 15.9. The van der Waals surface area contributed by atoms with E-state index in [0.29, 0.717) is 17.9 Å². The van der Waals surface area contributed by atoms with E-state index in [4.69, 9.17) is 11.6 Å². The Labute approximate surface area is 166 Å². The monoisotopic (exact) mass is 408 g/mol. The summed E-state index contributed by atoms with van der Waals surface area (Å²) < 4.78 is 28.7. The summed E-state index contributed by atoms with van der Waals surface area (Å²) >= 11 is 5.86. The highest BCUT2D eigenvalue weighted by Gasteiger charge is 2.47. The smallest absolute Gasteiger partial charge is 0.387 e. The van der Waals surface area contributed by atoms with E-state index in [9.17, 15) is 18.4 Å². The van der Waals surface area contributed by atoms with Crippen LogP contribution in [-0.2, 0) is 17.8 Å². The van der Waals surface area contributed by atoms with Gasteiger partial charge in [-0.2, -0.15) is 8.78 Å². The molecule has 5 nitrogen and oxygen atoms in total. The summed E-state index contributed by atoms with van der Waals surface area (Å²) in [5.74, 6) is -0.227. The van der Waals surface area contributed by atoms with Crippen LogP contribution < -0.4 is 10.1 Å². The van der Waals surface area contributed by atoms with Gasteiger partial charge in [0.05, 0.1) is 6.54 Å². The fraction of sp³-hybridized carbons (Fsp3) is 0.300. The van der Waals surface area contributed by atoms with E-state index in [1.807, 2.05) is 0 Å². The van der Waals surface area contributed by atoms with E-state index in [-0.39, 0.29) is 18.2 Å². The molecule has 2 aromatic carbocycles. The van der Waals surface area contributed by atoms with Crippen LogP contribution in [-0.4, -0.2) is 29.0 Å². The Kier molecular flexibility index (Phi) is 5.84. The maximum absolute atomic E-state index is 12.8. The number of aryl methyl sites for hydroxylation is 1. The number of carbonyl (C=O) groups is 2. The molecular weight excluding hydrogens is 390 g/mol. The average molecular weight is 409 g/mol. The molecule has 0 radical (unpaired) electrons. The van der Waals surface area contributed by atoms with Crippen molar-refractivity contribution in [1.82, 2.24) is 10.2 Å². The molecule has 1 unspecified atom stereocenters. The van der Waals surface area contributed by atoms with Crippen molar-refractivity contribution < 1.29 is 23.1 Å². The van der Waals surface area contributed by atoms with E-state index in [1.165, 1.54) is 17.0 Å². The van der Waals surface area contributed by atoms with Crippen LogP contribution in [0.15, 0.2) is 48.5 Å². The van der Waals surface area contributed by atoms with Gasteiger partial charge in [-0.1, -0.05) is 35.9 Å². The van der Waals surface area contributed by atoms with Crippen molar-refractivity contribution in [2.24, 2.45) is 0 Å². The highest BCUT2D eigenvalue weighted by molar-refractivity contribution is 6.30. The third kappa shape index (κ3) is 4.59. The van der Waals surface area contributed by atoms with Crippen molar-refractivity contribution in [2.75, 3.05) is 0 Å². The van der Waals surface area contributed by atoms with Crippen molar-refractivity contribution in [3.05, 3.63) is 64.7 Å². The number of amides is 3. The topological polar surface area (TPSA) is 58.6 Å². The first-order valence-electron chi connectivity index (χ1n) is 8.69. The van der Waals surface area contributed by atoms with Gasteiger partial charge in [0.15, 0.2) is 0 Å². The highest BCUT2D eigenvalue weighted by Crippen LogP contribution is 2.26. The van der Waals surface area contributed by atoms with Crippen LogP contribution in [0.25, 0.3) is 0 Å². The maximum Gasteiger partial charge on any atom is 0.387 e. The molecule has 1 heterocycles. The van der Waals surface area contributed by atoms with Crippen molar-refractivity contribution >= 4 is 23.5 Å². The summed E-state index contributed by atoms with van der Waals surface area (Å²) in [4.78, 5) is 26.3. The minimum absolute atomic E-state index is 0.0735. The molecule has 1 atom stereocenters. The minimum Gasteiger partial charge on any atom is -0.435 e. The lowest BCUT2D eigenvalue weighted by atomic mass is 9.93. The third-order valence-corrected chi connectivity index (χ3v) is 4.91. The first-order chi connectivity index (χ1) is 13.3. The number of carbonyl (C=O) groups excluding carboxylic acids is 2. The molecule has 3 amide bonds. The molecule has 28 heavy (non-hydrogen) atoms. The Hall–Kier alpha value is -2.67. The first-order valence-corrected chi connectivity index (χ1v) is 9.07. The fourth-order valence-electron chi connectivity index (χ4n) is 3.06. The lowest BCUT2D eigenvalue weighted by molar-refractivity contribution is -0.131. The SMILES string of the molecule is CC1(CCc2ccc(OC(F)F)cc2)NC(=O)N(Cc2ccc(Cl)cc2)C1=O. The second-order valence-corrected chi connectivity index (χ2v) is 7.24. The Morgan fingerprint density at radius 2 is 1.68 bits per heavy atom. The number of rotatable bonds is 7. The molecule has 1 N–H and O–H groups in total. The number of alkyl halides is 2. The predicted octanol–water partition coefficient (Wildman–Crippen LogP) is 4.38. The maximum atomic E-state index is 12.8. The van der Waals surface area contributed by atoms with Gasteiger partial charge in [-0.3, -0.25) is 9.69 Å². The molecule has 148 valence electrons. The van der Waals surface area contributed by atoms with Crippen molar-refractivity contribution in [3.8, 4) is 5.75 Å². The zero-order valence-electron chi connectivity index (χ0n) is 15.1. The van der Waals surface area contributed by atoms with Gasteiger partial charge in [0.2, 0.25) is 0 Å². The fourth-order valence-corrected chi connectivity index (χ4v) is 3.19. The molecule has 1 aliphatic rings. The first kappa shape index (κ1) is 20.1. The molecule has 0 bridgehead atoms. The van der Waals surface area contributed by atoms with E-state index in [2.05, 4.69) is 10.1 Å². The van der Waals surface area contributed by atoms with Crippen molar-refractivity contribution in [1.29, 1.82) is 0 Å². The number of halogens is 3. The predicted molar refractivity (Wildman–Crippen MR) is 100 cm³/mol. The van der Waals surface area contributed by atoms with Gasteiger partial charge in [-0.25, -0.2) is 4.79 Å². The van der Waals surface area contributed by atoms with Crippen molar-refractivity contribution in [2.45, 2.75) is 38.5 Å². The van der Waals surface area contributed by atoms with Gasteiger partial charge in [-0.15, -0.1) is 0 Å². The van der Waals surface area contributed by atoms with Crippen LogP contribution in [0.1, 0.15) is 24.5 Å². The molecule has 2 aromatic rings. The summed E-state index contributed by atoms with van der Waals surface area (Å²) in [6.07, 6.45) is 0.871. The molecule has 0 aromatic heterocycles. The molecule has 0 spiro atoms. The molecular formula is C20H19ClF2N2O3. The molecule has 1 saturated heterocycles. The van der Waals surface area contributed by atoms with Crippen LogP contribution >= 0.6 is 11.6 Å². The molecule has 3 rings (SSSR count). The molecule has 1 fully saturated rings. The van der Waals surface area contributed by atoms with Crippen LogP contribution in [0.5, 0.6) is 5.75 Å². The average Bonchev–Trinajstić information content (AvgIpc) is 2.86. The van der Waals surface area contributed by atoms with E-state index < -0.39 is 18.2 Å². The van der Waals surface area contributed by atoms with Crippen LogP contribution in [0.2, 0.25) is 5.02 Å². The Bertz CT molecular complexity index is 859. The van der Waals surface area contributed by atoms with Gasteiger partial charge in [0.1, 0.15) is 11.3 Å². The van der Waals surface area contributed by atoms with E-state index in [1.54, 1.807) is 43.3 Å². The van der Waals surface area contributed by atoms with Gasteiger partial charge < -0.3 is 10.1 Å². The van der Waals surface area contributed by atoms with Gasteiger partial charge in [0, 0.05) is 5.02 Å². The Balaban J connectivity index is 1.63. The lowest BCUT2D eigenvalue weighted by Gasteiger charge is -2.21. The summed E-state index contributed by atoms with van der Waals surface area (Å²) in [6, 6.07) is 12.7. The number of urea groups is 1. The van der Waals surface area contributed by atoms with Crippen LogP contribution in [0.4, 0.5) is 13.6 Å². The quantitative estimate of drug-likeness (QED) is 0.691. The number of hydrogen-bond donors (Lipinski definition) is 1. The zero-order chi connectivity index (χ0) is 20.3. The number of imide groups is 1. The highest BCUT2D eigenvalue weighted by atomic mass is 35.5. The standard InChI is InChI=1S/C20H19ClF2N2O3/c1-20(11-10-13-4-8-16(9-5-13)28-18(22)23)17(26)25(19(27)24-20)12-14-2-6-15(21)7-3-14/h2-9,18H,10-12H2,1H3,(H,24,27). The van der Waals surface area contributed by atoms with E-state index >= 15 is 0 Å². The van der Waals surface area contributed by atoms with E-state index in [0.717, 1.165) is 11.1 Å². The largest absolute Gasteiger partial charge is 0.435 e. The van der Waals surface area contributed by atoms with Gasteiger partial charge in [0.25, 0.3) is 5.91 Å². The van der Waals surface area contributed by atoms with Crippen LogP contribution in [0, 0.1) is 0 Å². The lowest BCUT2D eigenvalue weighted by Crippen LogP contribution is -2.44. The summed E-state index contributed by atoms with van der Waals surface area (Å²) in [5, 5.41) is 3.34. The molecule has 0 saturated carbocycles. The number of ether oxygens (including phenoxy) is 1. The summed E-state index contributed by atoms with van der Waals surface area (Å²) in [5.41, 5.74) is 0.620. The third-order valence-electron chi connectivity index (χ3n) is 4.66. The second kappa shape index (κ2) is 8.14. The summed E-state index contributed by atoms with van der Waals surface area (Å²) in [7, 11) is 0. The number of nitrogens with zero attached hydrogens (tertiary/aromatic N) is 1. The number of nitrogens with one attached hydrogen (secondary N) is 1. The molecule has 8 heteroatoms.